The van der Waals surface area contributed by atoms with Crippen LogP contribution < -0.4 is 5.32 Å². The largest absolute Gasteiger partial charge is 0.313 e. The number of hydrogen-bond acceptors (Lipinski definition) is 2. The van der Waals surface area contributed by atoms with Crippen molar-refractivity contribution in [3.05, 3.63) is 17.5 Å². The number of unbranched alkanes of at least 4 members (excludes halogenated alkanes) is 1. The maximum atomic E-state index is 5.23. The quantitative estimate of drug-likeness (QED) is 0.562. The fourth-order valence-electron chi connectivity index (χ4n) is 1.61. The molecular formula is C13H21N3. The minimum atomic E-state index is 0.822. The second kappa shape index (κ2) is 7.08. The third-order valence-electron chi connectivity index (χ3n) is 2.64. The van der Waals surface area contributed by atoms with E-state index in [0.717, 1.165) is 38.9 Å². The van der Waals surface area contributed by atoms with Crippen LogP contribution in [0.15, 0.2) is 6.20 Å². The van der Waals surface area contributed by atoms with Crippen molar-refractivity contribution in [2.75, 3.05) is 6.54 Å². The summed E-state index contributed by atoms with van der Waals surface area (Å²) in [6, 6.07) is 0. The van der Waals surface area contributed by atoms with Crippen LogP contribution >= 0.6 is 0 Å². The SMILES string of the molecule is C#CCCCn1ncc(CNCCC)c1C. The molecule has 0 unspecified atom stereocenters. The first-order valence-corrected chi connectivity index (χ1v) is 5.95. The van der Waals surface area contributed by atoms with E-state index in [0.29, 0.717) is 0 Å². The lowest BCUT2D eigenvalue weighted by atomic mass is 10.2. The van der Waals surface area contributed by atoms with Crippen molar-refractivity contribution in [2.45, 2.75) is 46.2 Å². The Kier molecular flexibility index (Phi) is 5.66. The summed E-state index contributed by atoms with van der Waals surface area (Å²) in [6.07, 6.45) is 10.2. The van der Waals surface area contributed by atoms with Crippen LogP contribution in [0.4, 0.5) is 0 Å². The first kappa shape index (κ1) is 12.8. The van der Waals surface area contributed by atoms with Crippen LogP contribution in [0.25, 0.3) is 0 Å². The predicted octanol–water partition coefficient (Wildman–Crippen LogP) is 2.10. The van der Waals surface area contributed by atoms with Crippen LogP contribution in [0.1, 0.15) is 37.4 Å². The number of terminal acetylenes is 1. The van der Waals surface area contributed by atoms with E-state index in [1.54, 1.807) is 0 Å². The summed E-state index contributed by atoms with van der Waals surface area (Å²) in [5, 5.41) is 7.76. The Morgan fingerprint density at radius 3 is 3.06 bits per heavy atom. The molecule has 0 saturated heterocycles. The molecule has 0 saturated carbocycles. The van der Waals surface area contributed by atoms with Gasteiger partial charge >= 0.3 is 0 Å². The Morgan fingerprint density at radius 2 is 2.38 bits per heavy atom. The Hall–Kier alpha value is -1.27. The molecule has 1 aromatic rings. The zero-order valence-corrected chi connectivity index (χ0v) is 10.3. The lowest BCUT2D eigenvalue weighted by Gasteiger charge is -2.05. The van der Waals surface area contributed by atoms with E-state index in [9.17, 15) is 0 Å². The molecule has 88 valence electrons. The van der Waals surface area contributed by atoms with Gasteiger partial charge in [-0.1, -0.05) is 6.92 Å². The summed E-state index contributed by atoms with van der Waals surface area (Å²) >= 11 is 0. The van der Waals surface area contributed by atoms with Crippen molar-refractivity contribution in [3.8, 4) is 12.3 Å². The molecule has 3 nitrogen and oxygen atoms in total. The van der Waals surface area contributed by atoms with E-state index in [1.165, 1.54) is 11.3 Å². The van der Waals surface area contributed by atoms with Crippen LogP contribution in [0.5, 0.6) is 0 Å². The monoisotopic (exact) mass is 219 g/mol. The Balaban J connectivity index is 2.45. The molecule has 0 aliphatic carbocycles. The fourth-order valence-corrected chi connectivity index (χ4v) is 1.61. The maximum Gasteiger partial charge on any atom is 0.0537 e. The summed E-state index contributed by atoms with van der Waals surface area (Å²) in [6.45, 7) is 7.18. The van der Waals surface area contributed by atoms with E-state index in [2.05, 4.69) is 30.2 Å². The Labute approximate surface area is 98.2 Å². The molecule has 1 rings (SSSR count). The van der Waals surface area contributed by atoms with Crippen LogP contribution in [-0.2, 0) is 13.1 Å². The number of rotatable bonds is 7. The molecule has 1 N–H and O–H groups in total. The molecule has 0 fully saturated rings. The number of nitrogens with zero attached hydrogens (tertiary/aromatic N) is 2. The molecule has 16 heavy (non-hydrogen) atoms. The third-order valence-corrected chi connectivity index (χ3v) is 2.64. The summed E-state index contributed by atoms with van der Waals surface area (Å²) in [7, 11) is 0. The van der Waals surface area contributed by atoms with Gasteiger partial charge in [0.25, 0.3) is 0 Å². The highest BCUT2D eigenvalue weighted by Gasteiger charge is 2.04. The van der Waals surface area contributed by atoms with Gasteiger partial charge in [0.15, 0.2) is 0 Å². The molecule has 0 aliphatic rings. The summed E-state index contributed by atoms with van der Waals surface area (Å²) in [5.41, 5.74) is 2.54. The van der Waals surface area contributed by atoms with Gasteiger partial charge in [0.2, 0.25) is 0 Å². The van der Waals surface area contributed by atoms with Gasteiger partial charge < -0.3 is 5.32 Å². The van der Waals surface area contributed by atoms with Crippen molar-refractivity contribution < 1.29 is 0 Å². The molecule has 0 radical (unpaired) electrons. The van der Waals surface area contributed by atoms with Crippen molar-refractivity contribution in [2.24, 2.45) is 0 Å². The average molecular weight is 219 g/mol. The molecule has 0 atom stereocenters. The van der Waals surface area contributed by atoms with Crippen molar-refractivity contribution in [1.82, 2.24) is 15.1 Å². The molecule has 0 bridgehead atoms. The first-order valence-electron chi connectivity index (χ1n) is 5.95. The molecule has 1 aromatic heterocycles. The maximum absolute atomic E-state index is 5.23. The fraction of sp³-hybridized carbons (Fsp3) is 0.615. The van der Waals surface area contributed by atoms with Crippen molar-refractivity contribution in [3.63, 3.8) is 0 Å². The highest BCUT2D eigenvalue weighted by Crippen LogP contribution is 2.07. The predicted molar refractivity (Wildman–Crippen MR) is 67.0 cm³/mol. The standard InChI is InChI=1S/C13H21N3/c1-4-6-7-9-16-12(3)13(11-15-16)10-14-8-5-2/h1,11,14H,5-10H2,2-3H3. The second-order valence-corrected chi connectivity index (χ2v) is 3.96. The molecule has 0 spiro atoms. The zero-order chi connectivity index (χ0) is 11.8. The molecule has 0 aromatic carbocycles. The van der Waals surface area contributed by atoms with Gasteiger partial charge in [-0.05, 0) is 26.3 Å². The van der Waals surface area contributed by atoms with Crippen LogP contribution in [0.2, 0.25) is 0 Å². The minimum Gasteiger partial charge on any atom is -0.313 e. The van der Waals surface area contributed by atoms with E-state index in [1.807, 2.05) is 10.9 Å². The summed E-state index contributed by atoms with van der Waals surface area (Å²) < 4.78 is 2.04. The smallest absolute Gasteiger partial charge is 0.0537 e. The lowest BCUT2D eigenvalue weighted by molar-refractivity contribution is 0.570. The molecule has 0 aliphatic heterocycles. The molecule has 1 heterocycles. The van der Waals surface area contributed by atoms with Gasteiger partial charge in [-0.2, -0.15) is 5.10 Å². The minimum absolute atomic E-state index is 0.822. The summed E-state index contributed by atoms with van der Waals surface area (Å²) in [5.74, 6) is 2.65. The summed E-state index contributed by atoms with van der Waals surface area (Å²) in [4.78, 5) is 0. The number of aromatic nitrogens is 2. The second-order valence-electron chi connectivity index (χ2n) is 3.96. The Morgan fingerprint density at radius 1 is 1.56 bits per heavy atom. The number of hydrogen-bond donors (Lipinski definition) is 1. The van der Waals surface area contributed by atoms with Gasteiger partial charge in [-0.25, -0.2) is 0 Å². The van der Waals surface area contributed by atoms with Crippen LogP contribution in [0, 0.1) is 19.3 Å². The van der Waals surface area contributed by atoms with Crippen molar-refractivity contribution >= 4 is 0 Å². The van der Waals surface area contributed by atoms with Gasteiger partial charge in [0, 0.05) is 30.8 Å². The Bertz CT molecular complexity index is 347. The van der Waals surface area contributed by atoms with Gasteiger partial charge in [-0.15, -0.1) is 12.3 Å². The third kappa shape index (κ3) is 3.71. The van der Waals surface area contributed by atoms with Crippen molar-refractivity contribution in [1.29, 1.82) is 0 Å². The van der Waals surface area contributed by atoms with E-state index in [-0.39, 0.29) is 0 Å². The van der Waals surface area contributed by atoms with Gasteiger partial charge in [0.1, 0.15) is 0 Å². The number of nitrogens with one attached hydrogen (secondary N) is 1. The molecule has 3 heteroatoms. The molecule has 0 amide bonds. The van der Waals surface area contributed by atoms with Crippen LogP contribution in [-0.4, -0.2) is 16.3 Å². The highest BCUT2D eigenvalue weighted by atomic mass is 15.3. The topological polar surface area (TPSA) is 29.9 Å². The first-order chi connectivity index (χ1) is 7.79. The zero-order valence-electron chi connectivity index (χ0n) is 10.3. The van der Waals surface area contributed by atoms with Gasteiger partial charge in [0.05, 0.1) is 6.20 Å². The average Bonchev–Trinajstić information content (AvgIpc) is 2.62. The van der Waals surface area contributed by atoms with Gasteiger partial charge in [-0.3, -0.25) is 4.68 Å². The van der Waals surface area contributed by atoms with E-state index >= 15 is 0 Å². The highest BCUT2D eigenvalue weighted by molar-refractivity contribution is 5.15. The normalized spacial score (nSPS) is 10.3. The van der Waals surface area contributed by atoms with E-state index in [4.69, 9.17) is 6.42 Å². The molecular weight excluding hydrogens is 198 g/mol. The number of aryl methyl sites for hydroxylation is 1. The lowest BCUT2D eigenvalue weighted by Crippen LogP contribution is -2.14. The van der Waals surface area contributed by atoms with Crippen LogP contribution in [0.3, 0.4) is 0 Å². The van der Waals surface area contributed by atoms with E-state index < -0.39 is 0 Å².